The van der Waals surface area contributed by atoms with E-state index in [0.717, 1.165) is 12.0 Å². The van der Waals surface area contributed by atoms with E-state index in [0.29, 0.717) is 0 Å². The summed E-state index contributed by atoms with van der Waals surface area (Å²) in [5.41, 5.74) is 7.32. The van der Waals surface area contributed by atoms with Crippen LogP contribution < -0.4 is 11.1 Å². The third-order valence-corrected chi connectivity index (χ3v) is 3.53. The Hall–Kier alpha value is -2.03. The van der Waals surface area contributed by atoms with E-state index in [1.54, 1.807) is 0 Å². The van der Waals surface area contributed by atoms with Gasteiger partial charge >= 0.3 is 6.03 Å². The molecule has 1 atom stereocenters. The molecule has 17 heavy (non-hydrogen) atoms. The largest absolute Gasteiger partial charge is 0.352 e. The minimum absolute atomic E-state index is 0.380. The zero-order valence-electron chi connectivity index (χ0n) is 9.66. The number of primary amides is 1. The number of benzene rings is 2. The van der Waals surface area contributed by atoms with Crippen molar-refractivity contribution in [1.82, 2.24) is 5.32 Å². The van der Waals surface area contributed by atoms with Gasteiger partial charge in [-0.1, -0.05) is 36.4 Å². The number of nitrogens with one attached hydrogen (secondary N) is 1. The highest BCUT2D eigenvalue weighted by atomic mass is 16.2. The van der Waals surface area contributed by atoms with Crippen LogP contribution in [-0.2, 0) is 12.0 Å². The summed E-state index contributed by atoms with van der Waals surface area (Å²) in [5.74, 6) is 0. The fourth-order valence-electron chi connectivity index (χ4n) is 2.89. The van der Waals surface area contributed by atoms with Crippen LogP contribution in [0.3, 0.4) is 0 Å². The van der Waals surface area contributed by atoms with Gasteiger partial charge in [0, 0.05) is 6.42 Å². The fourth-order valence-corrected chi connectivity index (χ4v) is 2.89. The monoisotopic (exact) mass is 226 g/mol. The van der Waals surface area contributed by atoms with Gasteiger partial charge in [-0.3, -0.25) is 0 Å². The number of rotatable bonds is 1. The summed E-state index contributed by atoms with van der Waals surface area (Å²) in [6, 6.07) is 12.0. The molecule has 2 aromatic carbocycles. The third kappa shape index (κ3) is 1.39. The van der Waals surface area contributed by atoms with Crippen molar-refractivity contribution in [2.45, 2.75) is 18.9 Å². The van der Waals surface area contributed by atoms with E-state index in [1.165, 1.54) is 16.3 Å². The highest BCUT2D eigenvalue weighted by molar-refractivity contribution is 5.92. The Morgan fingerprint density at radius 3 is 2.71 bits per heavy atom. The first kappa shape index (κ1) is 10.1. The molecular formula is C14H14N2O. The summed E-state index contributed by atoms with van der Waals surface area (Å²) >= 11 is 0. The molecule has 3 N–H and O–H groups in total. The second-order valence-corrected chi connectivity index (χ2v) is 4.82. The van der Waals surface area contributed by atoms with Gasteiger partial charge in [-0.15, -0.1) is 0 Å². The predicted molar refractivity (Wildman–Crippen MR) is 67.7 cm³/mol. The SMILES string of the molecule is CC1(NC(N)=O)Cc2cccc3cccc1c23. The van der Waals surface area contributed by atoms with Gasteiger partial charge in [0.1, 0.15) is 0 Å². The van der Waals surface area contributed by atoms with Crippen molar-refractivity contribution in [3.8, 4) is 0 Å². The smallest absolute Gasteiger partial charge is 0.312 e. The van der Waals surface area contributed by atoms with Crippen LogP contribution >= 0.6 is 0 Å². The maximum absolute atomic E-state index is 11.1. The lowest BCUT2D eigenvalue weighted by Gasteiger charge is -2.26. The quantitative estimate of drug-likeness (QED) is 0.770. The fraction of sp³-hybridized carbons (Fsp3) is 0.214. The average molecular weight is 226 g/mol. The van der Waals surface area contributed by atoms with Gasteiger partial charge in [-0.05, 0) is 28.8 Å². The van der Waals surface area contributed by atoms with E-state index in [-0.39, 0.29) is 5.54 Å². The Balaban J connectivity index is 2.25. The van der Waals surface area contributed by atoms with Crippen LogP contribution in [0.5, 0.6) is 0 Å². The molecular weight excluding hydrogens is 212 g/mol. The van der Waals surface area contributed by atoms with Crippen molar-refractivity contribution >= 4 is 16.8 Å². The third-order valence-electron chi connectivity index (χ3n) is 3.53. The molecule has 3 heteroatoms. The molecule has 0 radical (unpaired) electrons. The molecule has 2 aromatic rings. The highest BCUT2D eigenvalue weighted by Gasteiger charge is 2.35. The zero-order chi connectivity index (χ0) is 12.0. The van der Waals surface area contributed by atoms with E-state index in [1.807, 2.05) is 13.0 Å². The van der Waals surface area contributed by atoms with Crippen molar-refractivity contribution < 1.29 is 4.79 Å². The van der Waals surface area contributed by atoms with Crippen LogP contribution in [0.4, 0.5) is 4.79 Å². The summed E-state index contributed by atoms with van der Waals surface area (Å²) in [7, 11) is 0. The molecule has 0 saturated carbocycles. The average Bonchev–Trinajstić information content (AvgIpc) is 2.54. The second kappa shape index (κ2) is 3.23. The molecule has 0 heterocycles. The van der Waals surface area contributed by atoms with E-state index < -0.39 is 6.03 Å². The molecule has 2 amide bonds. The molecule has 0 saturated heterocycles. The predicted octanol–water partition coefficient (Wildman–Crippen LogP) is 2.28. The minimum atomic E-state index is -0.475. The molecule has 1 unspecified atom stereocenters. The second-order valence-electron chi connectivity index (χ2n) is 4.82. The Morgan fingerprint density at radius 1 is 1.29 bits per heavy atom. The first-order valence-corrected chi connectivity index (χ1v) is 5.69. The molecule has 3 rings (SSSR count). The molecule has 0 bridgehead atoms. The minimum Gasteiger partial charge on any atom is -0.352 e. The van der Waals surface area contributed by atoms with Gasteiger partial charge in [0.05, 0.1) is 5.54 Å². The van der Waals surface area contributed by atoms with Crippen LogP contribution in [0.2, 0.25) is 0 Å². The Morgan fingerprint density at radius 2 is 2.00 bits per heavy atom. The van der Waals surface area contributed by atoms with Crippen molar-refractivity contribution in [2.24, 2.45) is 5.73 Å². The lowest BCUT2D eigenvalue weighted by atomic mass is 9.93. The van der Waals surface area contributed by atoms with E-state index in [2.05, 4.69) is 35.6 Å². The molecule has 0 fully saturated rings. The van der Waals surface area contributed by atoms with Gasteiger partial charge in [-0.25, -0.2) is 4.79 Å². The normalized spacial score (nSPS) is 21.7. The standard InChI is InChI=1S/C14H14N2O/c1-14(16-13(15)17)8-10-6-2-4-9-5-3-7-11(14)12(9)10/h2-7H,8H2,1H3,(H3,15,16,17). The molecule has 0 aromatic heterocycles. The molecule has 86 valence electrons. The van der Waals surface area contributed by atoms with Crippen LogP contribution in [0.25, 0.3) is 10.8 Å². The van der Waals surface area contributed by atoms with Crippen molar-refractivity contribution in [2.75, 3.05) is 0 Å². The summed E-state index contributed by atoms with van der Waals surface area (Å²) in [5, 5.41) is 5.34. The number of carbonyl (C=O) groups is 1. The van der Waals surface area contributed by atoms with Gasteiger partial charge in [-0.2, -0.15) is 0 Å². The summed E-state index contributed by atoms with van der Waals surface area (Å²) < 4.78 is 0. The van der Waals surface area contributed by atoms with E-state index >= 15 is 0 Å². The number of carbonyl (C=O) groups excluding carboxylic acids is 1. The maximum atomic E-state index is 11.1. The van der Waals surface area contributed by atoms with Crippen LogP contribution in [0, 0.1) is 0 Å². The lowest BCUT2D eigenvalue weighted by molar-refractivity contribution is 0.236. The number of nitrogens with two attached hydrogens (primary N) is 1. The maximum Gasteiger partial charge on any atom is 0.312 e. The van der Waals surface area contributed by atoms with Crippen LogP contribution in [-0.4, -0.2) is 6.03 Å². The van der Waals surface area contributed by atoms with Crippen molar-refractivity contribution in [1.29, 1.82) is 0 Å². The molecule has 1 aliphatic carbocycles. The number of urea groups is 1. The molecule has 0 aliphatic heterocycles. The van der Waals surface area contributed by atoms with Crippen molar-refractivity contribution in [3.05, 3.63) is 47.5 Å². The first-order valence-electron chi connectivity index (χ1n) is 5.69. The number of hydrogen-bond donors (Lipinski definition) is 2. The molecule has 3 nitrogen and oxygen atoms in total. The van der Waals surface area contributed by atoms with Gasteiger partial charge in [0.25, 0.3) is 0 Å². The molecule has 0 spiro atoms. The van der Waals surface area contributed by atoms with Gasteiger partial charge in [0.15, 0.2) is 0 Å². The van der Waals surface area contributed by atoms with E-state index in [9.17, 15) is 4.79 Å². The first-order chi connectivity index (χ1) is 8.10. The van der Waals surface area contributed by atoms with Crippen LogP contribution in [0.1, 0.15) is 18.1 Å². The topological polar surface area (TPSA) is 55.1 Å². The summed E-state index contributed by atoms with van der Waals surface area (Å²) in [4.78, 5) is 11.1. The Labute approximate surface area is 99.6 Å². The Bertz CT molecular complexity index is 615. The highest BCUT2D eigenvalue weighted by Crippen LogP contribution is 2.40. The summed E-state index contributed by atoms with van der Waals surface area (Å²) in [6.07, 6.45) is 0.798. The van der Waals surface area contributed by atoms with Gasteiger partial charge in [0.2, 0.25) is 0 Å². The van der Waals surface area contributed by atoms with E-state index in [4.69, 9.17) is 5.73 Å². The summed E-state index contributed by atoms with van der Waals surface area (Å²) in [6.45, 7) is 2.02. The number of amides is 2. The molecule has 1 aliphatic rings. The number of hydrogen-bond acceptors (Lipinski definition) is 1. The lowest BCUT2D eigenvalue weighted by Crippen LogP contribution is -2.45. The zero-order valence-corrected chi connectivity index (χ0v) is 9.66. The Kier molecular flexibility index (Phi) is 1.93. The van der Waals surface area contributed by atoms with Crippen LogP contribution in [0.15, 0.2) is 36.4 Å². The van der Waals surface area contributed by atoms with Crippen molar-refractivity contribution in [3.63, 3.8) is 0 Å². The van der Waals surface area contributed by atoms with Gasteiger partial charge < -0.3 is 11.1 Å².